The Balaban J connectivity index is 3.46. The van der Waals surface area contributed by atoms with Crippen molar-refractivity contribution in [2.45, 2.75) is 366 Å². The Bertz CT molecular complexity index is 940. The first-order valence-corrected chi connectivity index (χ1v) is 30.5. The molecule has 0 radical (unpaired) electrons. The van der Waals surface area contributed by atoms with Crippen molar-refractivity contribution in [3.8, 4) is 0 Å². The van der Waals surface area contributed by atoms with Crippen molar-refractivity contribution in [1.29, 1.82) is 0 Å². The summed E-state index contributed by atoms with van der Waals surface area (Å²) in [5.41, 5.74) is 0. The number of rotatable bonds is 57. The van der Waals surface area contributed by atoms with E-state index >= 15 is 0 Å². The van der Waals surface area contributed by atoms with Crippen molar-refractivity contribution in [3.63, 3.8) is 0 Å². The molecule has 0 bridgehead atoms. The van der Waals surface area contributed by atoms with Gasteiger partial charge >= 0.3 is 0 Å². The number of nitrogens with one attached hydrogen (secondary N) is 1. The normalized spacial score (nSPS) is 13.2. The molecule has 0 spiro atoms. The molecule has 0 aromatic rings. The molecule has 0 saturated carbocycles. The fourth-order valence-electron chi connectivity index (χ4n) is 9.93. The molecule has 1 amide bonds. The SMILES string of the molecule is CCCCCCCCCCCCCCCCCC/C=C/C(O)C(CO)NC(=O)CC(O)CCCCCCCCCCCCCCCCCCCCCCCCCCCCCCCCCCC. The summed E-state index contributed by atoms with van der Waals surface area (Å²) in [6.07, 6.45) is 71.4. The molecule has 5 heteroatoms. The smallest absolute Gasteiger partial charge is 0.222 e. The van der Waals surface area contributed by atoms with E-state index in [0.717, 1.165) is 25.7 Å². The van der Waals surface area contributed by atoms with Gasteiger partial charge in [0.25, 0.3) is 0 Å². The Labute approximate surface area is 414 Å². The van der Waals surface area contributed by atoms with Crippen LogP contribution in [0.25, 0.3) is 0 Å². The Kier molecular flexibility index (Phi) is 55.9. The van der Waals surface area contributed by atoms with Gasteiger partial charge in [-0.05, 0) is 19.3 Å². The average molecular weight is 933 g/mol. The molecular weight excluding hydrogens is 811 g/mol. The van der Waals surface area contributed by atoms with Gasteiger partial charge in [0.2, 0.25) is 5.91 Å². The van der Waals surface area contributed by atoms with Crippen LogP contribution in [0.15, 0.2) is 12.2 Å². The molecule has 0 aliphatic heterocycles. The van der Waals surface area contributed by atoms with E-state index in [4.69, 9.17) is 0 Å². The standard InChI is InChI=1S/C61H121NO4/c1-3-5-7-9-11-13-15-17-19-21-23-24-25-26-27-28-29-30-31-32-33-34-35-36-37-38-40-42-44-46-48-50-52-54-58(64)56-61(66)62-59(57-63)60(65)55-53-51-49-47-45-43-41-39-22-20-18-16-14-12-10-8-6-4-2/h53,55,58-60,63-65H,3-52,54,56-57H2,1-2H3,(H,62,66)/b55-53+. The van der Waals surface area contributed by atoms with Gasteiger partial charge in [0.15, 0.2) is 0 Å². The zero-order valence-corrected chi connectivity index (χ0v) is 45.1. The fourth-order valence-corrected chi connectivity index (χ4v) is 9.93. The maximum absolute atomic E-state index is 12.5. The van der Waals surface area contributed by atoms with Gasteiger partial charge < -0.3 is 20.6 Å². The summed E-state index contributed by atoms with van der Waals surface area (Å²) < 4.78 is 0. The average Bonchev–Trinajstić information content (AvgIpc) is 3.31. The third-order valence-electron chi connectivity index (χ3n) is 14.6. The van der Waals surface area contributed by atoms with Gasteiger partial charge in [0.05, 0.1) is 31.3 Å². The van der Waals surface area contributed by atoms with E-state index in [-0.39, 0.29) is 18.9 Å². The van der Waals surface area contributed by atoms with Crippen molar-refractivity contribution < 1.29 is 20.1 Å². The van der Waals surface area contributed by atoms with E-state index in [1.54, 1.807) is 6.08 Å². The monoisotopic (exact) mass is 932 g/mol. The van der Waals surface area contributed by atoms with Crippen LogP contribution in [0.4, 0.5) is 0 Å². The van der Waals surface area contributed by atoms with Gasteiger partial charge in [-0.15, -0.1) is 0 Å². The molecule has 66 heavy (non-hydrogen) atoms. The zero-order chi connectivity index (χ0) is 47.9. The van der Waals surface area contributed by atoms with Gasteiger partial charge in [-0.2, -0.15) is 0 Å². The molecule has 0 aromatic carbocycles. The van der Waals surface area contributed by atoms with Crippen molar-refractivity contribution in [2.75, 3.05) is 6.61 Å². The topological polar surface area (TPSA) is 89.8 Å². The number of hydrogen-bond donors (Lipinski definition) is 4. The number of unbranched alkanes of at least 4 members (excludes halogenated alkanes) is 48. The number of aliphatic hydroxyl groups is 3. The molecule has 0 fully saturated rings. The van der Waals surface area contributed by atoms with E-state index in [1.165, 1.54) is 295 Å². The predicted octanol–water partition coefficient (Wildman–Crippen LogP) is 19.1. The highest BCUT2D eigenvalue weighted by atomic mass is 16.3. The van der Waals surface area contributed by atoms with Crippen molar-refractivity contribution in [2.24, 2.45) is 0 Å². The zero-order valence-electron chi connectivity index (χ0n) is 45.1. The summed E-state index contributed by atoms with van der Waals surface area (Å²) in [6.45, 7) is 4.26. The van der Waals surface area contributed by atoms with Crippen LogP contribution in [0.5, 0.6) is 0 Å². The molecule has 5 nitrogen and oxygen atoms in total. The minimum absolute atomic E-state index is 0.0196. The molecule has 394 valence electrons. The van der Waals surface area contributed by atoms with Crippen LogP contribution >= 0.6 is 0 Å². The third kappa shape index (κ3) is 52.5. The van der Waals surface area contributed by atoms with E-state index in [0.29, 0.717) is 6.42 Å². The van der Waals surface area contributed by atoms with Gasteiger partial charge in [-0.25, -0.2) is 0 Å². The summed E-state index contributed by atoms with van der Waals surface area (Å²) in [4.78, 5) is 12.5. The number of hydrogen-bond acceptors (Lipinski definition) is 4. The second-order valence-corrected chi connectivity index (χ2v) is 21.3. The molecule has 0 rings (SSSR count). The van der Waals surface area contributed by atoms with Crippen molar-refractivity contribution in [3.05, 3.63) is 12.2 Å². The van der Waals surface area contributed by atoms with Crippen LogP contribution in [0.1, 0.15) is 348 Å². The lowest BCUT2D eigenvalue weighted by Crippen LogP contribution is -2.45. The Morgan fingerprint density at radius 2 is 0.621 bits per heavy atom. The Hall–Kier alpha value is -0.910. The summed E-state index contributed by atoms with van der Waals surface area (Å²) in [5, 5.41) is 33.5. The highest BCUT2D eigenvalue weighted by Gasteiger charge is 2.20. The third-order valence-corrected chi connectivity index (χ3v) is 14.6. The quantitative estimate of drug-likeness (QED) is 0.0361. The molecule has 0 aromatic heterocycles. The molecule has 4 N–H and O–H groups in total. The van der Waals surface area contributed by atoms with Crippen LogP contribution in [0, 0.1) is 0 Å². The summed E-state index contributed by atoms with van der Waals surface area (Å²) in [7, 11) is 0. The first-order chi connectivity index (χ1) is 32.5. The second kappa shape index (κ2) is 56.7. The fraction of sp³-hybridized carbons (Fsp3) is 0.951. The van der Waals surface area contributed by atoms with Crippen LogP contribution in [-0.4, -0.2) is 46.1 Å². The Morgan fingerprint density at radius 3 is 0.879 bits per heavy atom. The number of carbonyl (C=O) groups is 1. The van der Waals surface area contributed by atoms with Crippen LogP contribution in [0.3, 0.4) is 0 Å². The predicted molar refractivity (Wildman–Crippen MR) is 292 cm³/mol. The number of allylic oxidation sites excluding steroid dienone is 1. The molecule has 0 aliphatic rings. The number of aliphatic hydroxyl groups excluding tert-OH is 3. The minimum Gasteiger partial charge on any atom is -0.394 e. The lowest BCUT2D eigenvalue weighted by atomic mass is 10.0. The molecule has 3 atom stereocenters. The molecule has 0 saturated heterocycles. The molecule has 0 heterocycles. The minimum atomic E-state index is -0.926. The van der Waals surface area contributed by atoms with Gasteiger partial charge in [-0.3, -0.25) is 4.79 Å². The first kappa shape index (κ1) is 65.1. The van der Waals surface area contributed by atoms with E-state index < -0.39 is 18.2 Å². The van der Waals surface area contributed by atoms with E-state index in [1.807, 2.05) is 6.08 Å². The Morgan fingerprint density at radius 1 is 0.379 bits per heavy atom. The summed E-state index contributed by atoms with van der Waals surface area (Å²) in [5.74, 6) is -0.308. The molecule has 3 unspecified atom stereocenters. The summed E-state index contributed by atoms with van der Waals surface area (Å²) >= 11 is 0. The highest BCUT2D eigenvalue weighted by molar-refractivity contribution is 5.76. The van der Waals surface area contributed by atoms with E-state index in [2.05, 4.69) is 19.2 Å². The van der Waals surface area contributed by atoms with Crippen LogP contribution in [0.2, 0.25) is 0 Å². The van der Waals surface area contributed by atoms with Crippen LogP contribution < -0.4 is 5.32 Å². The first-order valence-electron chi connectivity index (χ1n) is 30.5. The largest absolute Gasteiger partial charge is 0.394 e. The van der Waals surface area contributed by atoms with Gasteiger partial charge in [-0.1, -0.05) is 334 Å². The highest BCUT2D eigenvalue weighted by Crippen LogP contribution is 2.19. The summed E-state index contributed by atoms with van der Waals surface area (Å²) in [6, 6.07) is -0.741. The lowest BCUT2D eigenvalue weighted by Gasteiger charge is -2.21. The van der Waals surface area contributed by atoms with Crippen LogP contribution in [-0.2, 0) is 4.79 Å². The van der Waals surface area contributed by atoms with E-state index in [9.17, 15) is 20.1 Å². The molecule has 0 aliphatic carbocycles. The second-order valence-electron chi connectivity index (χ2n) is 21.3. The molecular formula is C61H121NO4. The van der Waals surface area contributed by atoms with Gasteiger partial charge in [0, 0.05) is 0 Å². The maximum Gasteiger partial charge on any atom is 0.222 e. The lowest BCUT2D eigenvalue weighted by molar-refractivity contribution is -0.124. The van der Waals surface area contributed by atoms with Gasteiger partial charge in [0.1, 0.15) is 0 Å². The van der Waals surface area contributed by atoms with Crippen molar-refractivity contribution in [1.82, 2.24) is 5.32 Å². The number of carbonyl (C=O) groups excluding carboxylic acids is 1. The number of amides is 1. The maximum atomic E-state index is 12.5. The van der Waals surface area contributed by atoms with Crippen molar-refractivity contribution >= 4 is 5.91 Å².